The molecule has 5 nitrogen and oxygen atoms in total. The highest BCUT2D eigenvalue weighted by molar-refractivity contribution is 5.68. The van der Waals surface area contributed by atoms with Gasteiger partial charge in [0.05, 0.1) is 12.6 Å². The predicted octanol–water partition coefficient (Wildman–Crippen LogP) is 3.40. The van der Waals surface area contributed by atoms with Crippen LogP contribution in [0.5, 0.6) is 0 Å². The zero-order valence-electron chi connectivity index (χ0n) is 13.9. The van der Waals surface area contributed by atoms with Gasteiger partial charge in [-0.15, -0.1) is 0 Å². The van der Waals surface area contributed by atoms with Crippen molar-refractivity contribution in [2.24, 2.45) is 0 Å². The van der Waals surface area contributed by atoms with Crippen LogP contribution < -0.4 is 5.32 Å². The molecule has 2 atom stereocenters. The van der Waals surface area contributed by atoms with Gasteiger partial charge in [-0.1, -0.05) is 30.3 Å². The van der Waals surface area contributed by atoms with Gasteiger partial charge >= 0.3 is 6.09 Å². The second-order valence-electron chi connectivity index (χ2n) is 6.90. The fourth-order valence-electron chi connectivity index (χ4n) is 2.37. The Balaban J connectivity index is 2.15. The molecule has 1 N–H and O–H groups in total. The van der Waals surface area contributed by atoms with Gasteiger partial charge in [-0.3, -0.25) is 0 Å². The Bertz CT molecular complexity index is 507. The third-order valence-corrected chi connectivity index (χ3v) is 3.23. The molecule has 0 spiro atoms. The number of hydrogen-bond donors (Lipinski definition) is 1. The summed E-state index contributed by atoms with van der Waals surface area (Å²) in [6.07, 6.45) is -0.723. The van der Waals surface area contributed by atoms with E-state index in [9.17, 15) is 4.79 Å². The molecule has 1 aromatic rings. The quantitative estimate of drug-likeness (QED) is 0.930. The molecule has 0 saturated carbocycles. The summed E-state index contributed by atoms with van der Waals surface area (Å²) in [5.74, 6) is -0.646. The molecule has 1 fully saturated rings. The van der Waals surface area contributed by atoms with E-state index in [0.717, 1.165) is 5.56 Å². The number of hydrogen-bond acceptors (Lipinski definition) is 4. The van der Waals surface area contributed by atoms with Gasteiger partial charge in [-0.05, 0) is 40.2 Å². The summed E-state index contributed by atoms with van der Waals surface area (Å²) in [5, 5.41) is 2.90. The summed E-state index contributed by atoms with van der Waals surface area (Å²) in [6, 6.07) is 9.38. The fraction of sp³-hybridized carbons (Fsp3) is 0.588. The van der Waals surface area contributed by atoms with E-state index in [1.54, 1.807) is 0 Å². The zero-order chi connectivity index (χ0) is 16.4. The van der Waals surface area contributed by atoms with Crippen LogP contribution in [0.3, 0.4) is 0 Å². The van der Waals surface area contributed by atoms with Crippen molar-refractivity contribution < 1.29 is 19.0 Å². The highest BCUT2D eigenvalue weighted by Crippen LogP contribution is 2.31. The van der Waals surface area contributed by atoms with E-state index in [1.807, 2.05) is 65.0 Å². The Kier molecular flexibility index (Phi) is 4.78. The van der Waals surface area contributed by atoms with Crippen molar-refractivity contribution in [3.63, 3.8) is 0 Å². The molecule has 1 aromatic carbocycles. The molecular weight excluding hydrogens is 282 g/mol. The van der Waals surface area contributed by atoms with Gasteiger partial charge in [0.25, 0.3) is 0 Å². The topological polar surface area (TPSA) is 56.8 Å². The molecule has 122 valence electrons. The second-order valence-corrected chi connectivity index (χ2v) is 6.90. The number of ether oxygens (including phenoxy) is 3. The van der Waals surface area contributed by atoms with Crippen molar-refractivity contribution in [3.05, 3.63) is 35.9 Å². The standard InChI is InChI=1S/C17H25NO4/c1-16(2,3)22-15(19)18-14(12-9-7-6-8-10-12)13-11-20-17(4,5)21-13/h6-10,13-14H,11H2,1-5H3,(H,18,19)/t13-,14-/m1/s1. The van der Waals surface area contributed by atoms with Gasteiger partial charge < -0.3 is 19.5 Å². The van der Waals surface area contributed by atoms with Crippen LogP contribution in [-0.2, 0) is 14.2 Å². The van der Waals surface area contributed by atoms with Gasteiger partial charge in [0.1, 0.15) is 11.7 Å². The summed E-state index contributed by atoms with van der Waals surface area (Å²) in [5.41, 5.74) is 0.414. The minimum atomic E-state index is -0.646. The zero-order valence-corrected chi connectivity index (χ0v) is 13.9. The van der Waals surface area contributed by atoms with Crippen molar-refractivity contribution in [1.29, 1.82) is 0 Å². The number of carbonyl (C=O) groups is 1. The van der Waals surface area contributed by atoms with Crippen molar-refractivity contribution in [2.75, 3.05) is 6.61 Å². The maximum atomic E-state index is 12.1. The number of amides is 1. The third kappa shape index (κ3) is 4.71. The van der Waals surface area contributed by atoms with Gasteiger partial charge in [0.2, 0.25) is 0 Å². The molecular formula is C17H25NO4. The number of nitrogens with one attached hydrogen (secondary N) is 1. The van der Waals surface area contributed by atoms with E-state index in [2.05, 4.69) is 5.32 Å². The molecule has 2 rings (SSSR count). The molecule has 5 heteroatoms. The summed E-state index contributed by atoms with van der Waals surface area (Å²) in [6.45, 7) is 9.65. The number of carbonyl (C=O) groups excluding carboxylic acids is 1. The highest BCUT2D eigenvalue weighted by Gasteiger charge is 2.39. The lowest BCUT2D eigenvalue weighted by Crippen LogP contribution is -2.41. The minimum absolute atomic E-state index is 0.259. The van der Waals surface area contributed by atoms with Crippen LogP contribution in [-0.4, -0.2) is 30.2 Å². The summed E-state index contributed by atoms with van der Waals surface area (Å²) >= 11 is 0. The Hall–Kier alpha value is -1.59. The van der Waals surface area contributed by atoms with Crippen LogP contribution in [0.25, 0.3) is 0 Å². The Labute approximate surface area is 131 Å². The number of rotatable bonds is 3. The van der Waals surface area contributed by atoms with E-state index < -0.39 is 17.5 Å². The first-order valence-electron chi connectivity index (χ1n) is 7.52. The minimum Gasteiger partial charge on any atom is -0.444 e. The maximum Gasteiger partial charge on any atom is 0.408 e. The molecule has 1 amide bonds. The average Bonchev–Trinajstić information content (AvgIpc) is 2.75. The molecule has 1 saturated heterocycles. The van der Waals surface area contributed by atoms with Crippen LogP contribution in [0.15, 0.2) is 30.3 Å². The van der Waals surface area contributed by atoms with Crippen LogP contribution in [0, 0.1) is 0 Å². The average molecular weight is 307 g/mol. The van der Waals surface area contributed by atoms with Crippen LogP contribution in [0.4, 0.5) is 4.79 Å². The molecule has 1 aliphatic heterocycles. The van der Waals surface area contributed by atoms with E-state index in [-0.39, 0.29) is 12.1 Å². The molecule has 0 unspecified atom stereocenters. The highest BCUT2D eigenvalue weighted by atomic mass is 16.7. The monoisotopic (exact) mass is 307 g/mol. The summed E-state index contributed by atoms with van der Waals surface area (Å²) in [7, 11) is 0. The van der Waals surface area contributed by atoms with Gasteiger partial charge in [-0.25, -0.2) is 4.79 Å². The smallest absolute Gasteiger partial charge is 0.408 e. The van der Waals surface area contributed by atoms with Crippen molar-refractivity contribution in [2.45, 2.75) is 58.2 Å². The molecule has 0 aromatic heterocycles. The van der Waals surface area contributed by atoms with E-state index in [4.69, 9.17) is 14.2 Å². The maximum absolute atomic E-state index is 12.1. The Morgan fingerprint density at radius 3 is 2.45 bits per heavy atom. The lowest BCUT2D eigenvalue weighted by Gasteiger charge is -2.27. The molecule has 22 heavy (non-hydrogen) atoms. The first-order valence-corrected chi connectivity index (χ1v) is 7.52. The van der Waals surface area contributed by atoms with E-state index >= 15 is 0 Å². The van der Waals surface area contributed by atoms with Crippen LogP contribution >= 0.6 is 0 Å². The molecule has 0 aliphatic carbocycles. The third-order valence-electron chi connectivity index (χ3n) is 3.23. The number of benzene rings is 1. The lowest BCUT2D eigenvalue weighted by atomic mass is 10.0. The van der Waals surface area contributed by atoms with Crippen molar-refractivity contribution in [1.82, 2.24) is 5.32 Å². The van der Waals surface area contributed by atoms with Gasteiger partial charge in [0, 0.05) is 0 Å². The van der Waals surface area contributed by atoms with E-state index in [0.29, 0.717) is 6.61 Å². The van der Waals surface area contributed by atoms with Gasteiger partial charge in [0.15, 0.2) is 5.79 Å². The molecule has 0 bridgehead atoms. The van der Waals surface area contributed by atoms with Crippen LogP contribution in [0.1, 0.15) is 46.2 Å². The van der Waals surface area contributed by atoms with Crippen molar-refractivity contribution >= 4 is 6.09 Å². The Morgan fingerprint density at radius 1 is 1.32 bits per heavy atom. The first-order chi connectivity index (χ1) is 10.2. The fourth-order valence-corrected chi connectivity index (χ4v) is 2.37. The SMILES string of the molecule is CC(C)(C)OC(=O)N[C@H](c1ccccc1)[C@H]1COC(C)(C)O1. The molecule has 1 aliphatic rings. The van der Waals surface area contributed by atoms with Crippen LogP contribution in [0.2, 0.25) is 0 Å². The predicted molar refractivity (Wildman–Crippen MR) is 83.5 cm³/mol. The lowest BCUT2D eigenvalue weighted by molar-refractivity contribution is -0.141. The van der Waals surface area contributed by atoms with E-state index in [1.165, 1.54) is 0 Å². The first kappa shape index (κ1) is 16.8. The summed E-state index contributed by atoms with van der Waals surface area (Å²) in [4.78, 5) is 12.1. The van der Waals surface area contributed by atoms with Gasteiger partial charge in [-0.2, -0.15) is 0 Å². The Morgan fingerprint density at radius 2 is 1.95 bits per heavy atom. The molecule has 1 heterocycles. The van der Waals surface area contributed by atoms with Crippen molar-refractivity contribution in [3.8, 4) is 0 Å². The number of alkyl carbamates (subject to hydrolysis) is 1. The normalized spacial score (nSPS) is 22.1. The molecule has 0 radical (unpaired) electrons. The largest absolute Gasteiger partial charge is 0.444 e. The summed E-state index contributed by atoms with van der Waals surface area (Å²) < 4.78 is 16.9. The second kappa shape index (κ2) is 6.26.